The number of hydrogen-bond acceptors (Lipinski definition) is 3. The van der Waals surface area contributed by atoms with Gasteiger partial charge in [0, 0.05) is 16.6 Å². The number of hydrogen-bond donors (Lipinski definition) is 0. The van der Waals surface area contributed by atoms with Crippen molar-refractivity contribution in [2.45, 2.75) is 44.3 Å². The zero-order valence-corrected chi connectivity index (χ0v) is 12.4. The molecule has 0 radical (unpaired) electrons. The number of ether oxygens (including phenoxy) is 1. The molecule has 0 aromatic rings. The highest BCUT2D eigenvalue weighted by Crippen LogP contribution is 2.57. The molecule has 2 nitrogen and oxygen atoms in total. The monoisotopic (exact) mass is 278 g/mol. The number of esters is 1. The Morgan fingerprint density at radius 3 is 3.11 bits per heavy atom. The molecule has 0 amide bonds. The molecular weight excluding hydrogens is 256 g/mol. The molecule has 3 aliphatic carbocycles. The zero-order chi connectivity index (χ0) is 13.4. The first kappa shape index (κ1) is 13.3. The molecule has 3 unspecified atom stereocenters. The Labute approximate surface area is 119 Å². The van der Waals surface area contributed by atoms with E-state index in [4.69, 9.17) is 4.74 Å². The van der Waals surface area contributed by atoms with Crippen LogP contribution in [0.4, 0.5) is 0 Å². The van der Waals surface area contributed by atoms with Crippen molar-refractivity contribution in [3.05, 3.63) is 23.3 Å². The quantitative estimate of drug-likeness (QED) is 0.332. The molecule has 0 aliphatic heterocycles. The van der Waals surface area contributed by atoms with Gasteiger partial charge in [-0.1, -0.05) is 17.7 Å². The number of carbonyl (C=O) groups is 1. The van der Waals surface area contributed by atoms with Gasteiger partial charge < -0.3 is 4.74 Å². The van der Waals surface area contributed by atoms with Crippen molar-refractivity contribution >= 4 is 17.7 Å². The summed E-state index contributed by atoms with van der Waals surface area (Å²) < 4.78 is 5.16. The Hall–Kier alpha value is -0.700. The lowest BCUT2D eigenvalue weighted by molar-refractivity contribution is -0.138. The molecular formula is C16H22O2S. The number of carbonyl (C=O) groups excluding carboxylic acids is 1. The van der Waals surface area contributed by atoms with E-state index in [1.165, 1.54) is 32.1 Å². The molecule has 0 heterocycles. The second-order valence-corrected chi connectivity index (χ2v) is 7.37. The fraction of sp³-hybridized carbons (Fsp3) is 0.688. The zero-order valence-electron chi connectivity index (χ0n) is 11.6. The Bertz CT molecular complexity index is 438. The van der Waals surface area contributed by atoms with Gasteiger partial charge in [-0.3, -0.25) is 0 Å². The summed E-state index contributed by atoms with van der Waals surface area (Å²) in [7, 11) is 0. The van der Waals surface area contributed by atoms with Crippen molar-refractivity contribution in [1.82, 2.24) is 0 Å². The predicted molar refractivity (Wildman–Crippen MR) is 79.1 cm³/mol. The number of rotatable bonds is 5. The topological polar surface area (TPSA) is 26.3 Å². The van der Waals surface area contributed by atoms with E-state index in [0.717, 1.165) is 22.8 Å². The Morgan fingerprint density at radius 2 is 2.32 bits per heavy atom. The lowest BCUT2D eigenvalue weighted by Gasteiger charge is -2.26. The highest BCUT2D eigenvalue weighted by molar-refractivity contribution is 7.99. The van der Waals surface area contributed by atoms with Crippen LogP contribution in [-0.2, 0) is 9.53 Å². The van der Waals surface area contributed by atoms with E-state index in [1.807, 2.05) is 17.3 Å². The minimum Gasteiger partial charge on any atom is -0.461 e. The van der Waals surface area contributed by atoms with Gasteiger partial charge in [0.15, 0.2) is 0 Å². The van der Waals surface area contributed by atoms with Gasteiger partial charge in [-0.15, -0.1) is 0 Å². The third-order valence-electron chi connectivity index (χ3n) is 4.78. The van der Waals surface area contributed by atoms with Crippen LogP contribution in [0.3, 0.4) is 0 Å². The van der Waals surface area contributed by atoms with Crippen molar-refractivity contribution in [3.63, 3.8) is 0 Å². The van der Waals surface area contributed by atoms with Gasteiger partial charge in [-0.25, -0.2) is 4.79 Å². The number of thioether (sulfide) groups is 1. The van der Waals surface area contributed by atoms with Gasteiger partial charge in [-0.2, -0.15) is 11.8 Å². The smallest absolute Gasteiger partial charge is 0.333 e. The molecule has 2 bridgehead atoms. The second-order valence-electron chi connectivity index (χ2n) is 6.03. The van der Waals surface area contributed by atoms with Crippen LogP contribution in [0.25, 0.3) is 0 Å². The Kier molecular flexibility index (Phi) is 3.75. The molecule has 0 aromatic carbocycles. The summed E-state index contributed by atoms with van der Waals surface area (Å²) in [5.41, 5.74) is 4.10. The van der Waals surface area contributed by atoms with Crippen molar-refractivity contribution in [3.8, 4) is 0 Å². The van der Waals surface area contributed by atoms with Gasteiger partial charge in [-0.05, 0) is 50.9 Å². The second kappa shape index (κ2) is 5.35. The Morgan fingerprint density at radius 1 is 1.47 bits per heavy atom. The molecule has 3 heteroatoms. The van der Waals surface area contributed by atoms with Crippen molar-refractivity contribution in [2.24, 2.45) is 11.8 Å². The van der Waals surface area contributed by atoms with Crippen molar-refractivity contribution in [2.75, 3.05) is 12.4 Å². The number of fused-ring (bicyclic) bond motifs is 4. The van der Waals surface area contributed by atoms with Gasteiger partial charge in [0.1, 0.15) is 6.61 Å². The summed E-state index contributed by atoms with van der Waals surface area (Å²) in [4.78, 5) is 11.3. The summed E-state index contributed by atoms with van der Waals surface area (Å²) in [6.45, 7) is 5.81. The van der Waals surface area contributed by atoms with Crippen LogP contribution >= 0.6 is 11.8 Å². The molecule has 2 saturated carbocycles. The van der Waals surface area contributed by atoms with Gasteiger partial charge >= 0.3 is 5.97 Å². The molecule has 3 atom stereocenters. The summed E-state index contributed by atoms with van der Waals surface area (Å²) in [5.74, 6) is 2.48. The van der Waals surface area contributed by atoms with Gasteiger partial charge in [0.25, 0.3) is 0 Å². The lowest BCUT2D eigenvalue weighted by atomic mass is 9.88. The SMILES string of the molecule is C=C(C)C(=O)OCCSC1CC2=C3CCCC3C1C2. The molecule has 0 saturated heterocycles. The lowest BCUT2D eigenvalue weighted by Crippen LogP contribution is -2.21. The van der Waals surface area contributed by atoms with Crippen LogP contribution in [0.1, 0.15) is 39.0 Å². The highest BCUT2D eigenvalue weighted by Gasteiger charge is 2.46. The van der Waals surface area contributed by atoms with Crippen molar-refractivity contribution < 1.29 is 9.53 Å². The third kappa shape index (κ3) is 2.49. The summed E-state index contributed by atoms with van der Waals surface area (Å²) in [6.07, 6.45) is 6.88. The summed E-state index contributed by atoms with van der Waals surface area (Å²) in [5, 5.41) is 0.783. The first-order valence-electron chi connectivity index (χ1n) is 7.32. The van der Waals surface area contributed by atoms with Gasteiger partial charge in [0.05, 0.1) is 0 Å². The normalized spacial score (nSPS) is 31.7. The van der Waals surface area contributed by atoms with Crippen LogP contribution in [0, 0.1) is 11.8 Å². The van der Waals surface area contributed by atoms with Crippen LogP contribution < -0.4 is 0 Å². The van der Waals surface area contributed by atoms with E-state index in [1.54, 1.807) is 12.5 Å². The maximum Gasteiger partial charge on any atom is 0.333 e. The van der Waals surface area contributed by atoms with E-state index < -0.39 is 0 Å². The maximum absolute atomic E-state index is 11.3. The standard InChI is InChI=1S/C16H22O2S/c1-10(2)16(17)18-6-7-19-15-9-11-8-14(15)13-5-3-4-12(11)13/h13-15H,1,3-9H2,2H3. The van der Waals surface area contributed by atoms with E-state index >= 15 is 0 Å². The average molecular weight is 278 g/mol. The molecule has 0 aromatic heterocycles. The van der Waals surface area contributed by atoms with E-state index in [-0.39, 0.29) is 5.97 Å². The summed E-state index contributed by atoms with van der Waals surface area (Å²) >= 11 is 2.01. The maximum atomic E-state index is 11.3. The molecule has 2 fully saturated rings. The summed E-state index contributed by atoms with van der Waals surface area (Å²) in [6, 6.07) is 0. The van der Waals surface area contributed by atoms with E-state index in [9.17, 15) is 4.79 Å². The van der Waals surface area contributed by atoms with Gasteiger partial charge in [0.2, 0.25) is 0 Å². The number of allylic oxidation sites excluding steroid dienone is 2. The van der Waals surface area contributed by atoms with E-state index in [0.29, 0.717) is 12.2 Å². The van der Waals surface area contributed by atoms with Crippen LogP contribution in [0.5, 0.6) is 0 Å². The van der Waals surface area contributed by atoms with Crippen LogP contribution in [-0.4, -0.2) is 23.6 Å². The minimum absolute atomic E-state index is 0.255. The largest absolute Gasteiger partial charge is 0.461 e. The molecule has 104 valence electrons. The van der Waals surface area contributed by atoms with Crippen LogP contribution in [0.2, 0.25) is 0 Å². The fourth-order valence-electron chi connectivity index (χ4n) is 3.98. The van der Waals surface area contributed by atoms with E-state index in [2.05, 4.69) is 6.58 Å². The molecule has 19 heavy (non-hydrogen) atoms. The molecule has 0 N–H and O–H groups in total. The van der Waals surface area contributed by atoms with Crippen molar-refractivity contribution in [1.29, 1.82) is 0 Å². The first-order chi connectivity index (χ1) is 9.16. The highest BCUT2D eigenvalue weighted by atomic mass is 32.2. The predicted octanol–water partition coefficient (Wildman–Crippen LogP) is 3.73. The Balaban J connectivity index is 1.44. The fourth-order valence-corrected chi connectivity index (χ4v) is 5.31. The molecule has 3 aliphatic rings. The third-order valence-corrected chi connectivity index (χ3v) is 6.13. The average Bonchev–Trinajstić information content (AvgIpc) is 3.05. The molecule has 0 spiro atoms. The first-order valence-corrected chi connectivity index (χ1v) is 8.36. The van der Waals surface area contributed by atoms with Crippen LogP contribution in [0.15, 0.2) is 23.3 Å². The minimum atomic E-state index is -0.255. The molecule has 3 rings (SSSR count).